The van der Waals surface area contributed by atoms with Crippen molar-refractivity contribution < 1.29 is 4.42 Å². The maximum Gasteiger partial charge on any atom is 0.136 e. The lowest BCUT2D eigenvalue weighted by atomic mass is 9.67. The lowest BCUT2D eigenvalue weighted by molar-refractivity contribution is 0.169. The first kappa shape index (κ1) is 42.7. The first-order chi connectivity index (χ1) is 37.7. The van der Waals surface area contributed by atoms with Crippen molar-refractivity contribution in [2.24, 2.45) is 5.92 Å². The van der Waals surface area contributed by atoms with E-state index in [0.29, 0.717) is 0 Å². The van der Waals surface area contributed by atoms with Crippen LogP contribution in [0.5, 0.6) is 0 Å². The third kappa shape index (κ3) is 6.01. The second-order valence-corrected chi connectivity index (χ2v) is 22.2. The maximum absolute atomic E-state index is 6.85. The number of aromatic nitrogens is 1. The van der Waals surface area contributed by atoms with Crippen LogP contribution in [0.3, 0.4) is 0 Å². The summed E-state index contributed by atoms with van der Waals surface area (Å²) in [5, 5.41) is 19.6. The summed E-state index contributed by atoms with van der Waals surface area (Å²) in [6, 6.07) is 82.9. The van der Waals surface area contributed by atoms with Gasteiger partial charge in [0.15, 0.2) is 0 Å². The van der Waals surface area contributed by atoms with E-state index in [0.717, 1.165) is 33.9 Å². The second-order valence-electron chi connectivity index (χ2n) is 21.2. The van der Waals surface area contributed by atoms with Crippen LogP contribution in [0.2, 0.25) is 0 Å². The van der Waals surface area contributed by atoms with E-state index < -0.39 is 0 Å². The Balaban J connectivity index is 0.723. The van der Waals surface area contributed by atoms with E-state index in [2.05, 4.69) is 257 Å². The number of furan rings is 1. The molecule has 3 aliphatic carbocycles. The Hall–Kier alpha value is -8.62. The Morgan fingerprint density at radius 3 is 1.83 bits per heavy atom. The number of thiophene rings is 1. The average Bonchev–Trinajstić information content (AvgIpc) is 4.35. The van der Waals surface area contributed by atoms with Gasteiger partial charge in [-0.2, -0.15) is 0 Å². The molecule has 0 radical (unpaired) electrons. The second kappa shape index (κ2) is 16.2. The molecule has 0 bridgehead atoms. The largest absolute Gasteiger partial charge is 0.456 e. The topological polar surface area (TPSA) is 54.2 Å². The molecule has 0 saturated carbocycles. The van der Waals surface area contributed by atoms with E-state index >= 15 is 0 Å². The average molecular weight is 993 g/mol. The van der Waals surface area contributed by atoms with Gasteiger partial charge in [-0.3, -0.25) is 16.0 Å². The third-order valence-corrected chi connectivity index (χ3v) is 18.5. The van der Waals surface area contributed by atoms with Crippen LogP contribution in [-0.4, -0.2) is 10.7 Å². The summed E-state index contributed by atoms with van der Waals surface area (Å²) in [6.07, 6.45) is 5.46. The van der Waals surface area contributed by atoms with Crippen LogP contribution >= 0.6 is 11.3 Å². The first-order valence-electron chi connectivity index (χ1n) is 26.6. The van der Waals surface area contributed by atoms with Gasteiger partial charge in [-0.15, -0.1) is 11.3 Å². The lowest BCUT2D eigenvalue weighted by Gasteiger charge is -2.44. The van der Waals surface area contributed by atoms with Crippen LogP contribution in [-0.2, 0) is 5.41 Å². The smallest absolute Gasteiger partial charge is 0.136 e. The molecule has 76 heavy (non-hydrogen) atoms. The van der Waals surface area contributed by atoms with E-state index in [4.69, 9.17) is 4.42 Å². The molecule has 17 rings (SSSR count). The van der Waals surface area contributed by atoms with E-state index in [1.54, 1.807) is 0 Å². The Morgan fingerprint density at radius 2 is 1.08 bits per heavy atom. The third-order valence-electron chi connectivity index (χ3n) is 17.4. The normalized spacial score (nSPS) is 19.4. The fourth-order valence-corrected chi connectivity index (χ4v) is 15.3. The minimum Gasteiger partial charge on any atom is -0.456 e. The number of hydrogen-bond donors (Lipinski definition) is 3. The summed E-state index contributed by atoms with van der Waals surface area (Å²) in [5.74, 6) is 0.156. The molecule has 10 aromatic carbocycles. The standard InChI is InChI=1S/C70H48N4OS/c1-2-15-41(16-3-1)67-71-68(44-31-33-49-48-19-6-11-25-58(48)70(59(49)37-44)56-23-9-4-17-46(56)47-18-5-10-24-57(47)70)73-69(72-67)55-22-14-28-62-66(55)54-35-30-42(38-63(54)75-62)43-29-34-52-53-36-32-45(40-65(53)76-64(52)39-43)74-60-26-12-7-20-50(60)51-21-8-13-27-61(51)74/h1-36,38-40,44,67-69,71-73H,37H2. The molecule has 360 valence electrons. The van der Waals surface area contributed by atoms with Crippen molar-refractivity contribution in [3.63, 3.8) is 0 Å². The van der Waals surface area contributed by atoms with Crippen LogP contribution in [0, 0.1) is 5.92 Å². The van der Waals surface area contributed by atoms with Gasteiger partial charge in [0.05, 0.1) is 34.9 Å². The van der Waals surface area contributed by atoms with Crippen LogP contribution < -0.4 is 16.0 Å². The predicted molar refractivity (Wildman–Crippen MR) is 314 cm³/mol. The SMILES string of the molecule is C1=CC(C2NC(c3ccccc3)NC(c3cccc4oc5cc(-c6ccc7c(c6)sc6cc(-n8c9ccccc9c9ccccc98)ccc67)ccc5c34)N2)CC2=C1c1ccccc1C21c2ccccc2-c2ccccc21. The number of hydrogen-bond acceptors (Lipinski definition) is 5. The fraction of sp³-hybridized carbons (Fsp3) is 0.0857. The molecule has 0 amide bonds. The number of allylic oxidation sites excluding steroid dienone is 3. The van der Waals surface area contributed by atoms with Crippen molar-refractivity contribution in [3.05, 3.63) is 276 Å². The van der Waals surface area contributed by atoms with Gasteiger partial charge in [0.1, 0.15) is 11.2 Å². The summed E-state index contributed by atoms with van der Waals surface area (Å²) in [7, 11) is 0. The molecule has 1 fully saturated rings. The number of nitrogens with one attached hydrogen (secondary N) is 3. The van der Waals surface area contributed by atoms with Crippen LogP contribution in [0.25, 0.3) is 97.4 Å². The van der Waals surface area contributed by atoms with E-state index in [1.807, 2.05) is 11.3 Å². The summed E-state index contributed by atoms with van der Waals surface area (Å²) in [6.45, 7) is 0. The highest BCUT2D eigenvalue weighted by Crippen LogP contribution is 2.64. The van der Waals surface area contributed by atoms with Gasteiger partial charge in [-0.25, -0.2) is 0 Å². The summed E-state index contributed by atoms with van der Waals surface area (Å²) < 4.78 is 11.8. The molecule has 3 N–H and O–H groups in total. The molecule has 3 aromatic heterocycles. The van der Waals surface area contributed by atoms with Crippen molar-refractivity contribution in [1.82, 2.24) is 20.5 Å². The molecule has 4 unspecified atom stereocenters. The minimum atomic E-state index is -0.351. The van der Waals surface area contributed by atoms with Gasteiger partial charge < -0.3 is 8.98 Å². The van der Waals surface area contributed by atoms with Crippen molar-refractivity contribution >= 4 is 80.8 Å². The molecule has 1 spiro atoms. The fourth-order valence-electron chi connectivity index (χ4n) is 14.1. The molecule has 4 atom stereocenters. The first-order valence-corrected chi connectivity index (χ1v) is 27.4. The summed E-state index contributed by atoms with van der Waals surface area (Å²) in [5.41, 5.74) is 20.8. The molecule has 1 saturated heterocycles. The van der Waals surface area contributed by atoms with Gasteiger partial charge >= 0.3 is 0 Å². The van der Waals surface area contributed by atoms with Crippen LogP contribution in [0.15, 0.2) is 247 Å². The van der Waals surface area contributed by atoms with E-state index in [9.17, 15) is 0 Å². The Labute approximate surface area is 443 Å². The number of benzene rings is 10. The van der Waals surface area contributed by atoms with Crippen molar-refractivity contribution in [2.75, 3.05) is 0 Å². The lowest BCUT2D eigenvalue weighted by Crippen LogP contribution is -2.61. The van der Waals surface area contributed by atoms with Crippen molar-refractivity contribution in [1.29, 1.82) is 0 Å². The zero-order chi connectivity index (χ0) is 49.6. The highest BCUT2D eigenvalue weighted by Gasteiger charge is 2.53. The van der Waals surface area contributed by atoms with Crippen LogP contribution in [0.1, 0.15) is 52.1 Å². The van der Waals surface area contributed by atoms with Gasteiger partial charge in [-0.1, -0.05) is 188 Å². The number of fused-ring (bicyclic) bond motifs is 18. The molecule has 13 aromatic rings. The van der Waals surface area contributed by atoms with E-state index in [1.165, 1.54) is 109 Å². The predicted octanol–water partition coefficient (Wildman–Crippen LogP) is 16.9. The molecule has 4 heterocycles. The molecular formula is C70H48N4OS. The monoisotopic (exact) mass is 992 g/mol. The van der Waals surface area contributed by atoms with Gasteiger partial charge in [0.25, 0.3) is 0 Å². The molecule has 5 nitrogen and oxygen atoms in total. The molecular weight excluding hydrogens is 945 g/mol. The number of nitrogens with zero attached hydrogens (tertiary/aromatic N) is 1. The molecule has 6 heteroatoms. The van der Waals surface area contributed by atoms with Crippen molar-refractivity contribution in [2.45, 2.75) is 30.3 Å². The number of para-hydroxylation sites is 2. The van der Waals surface area contributed by atoms with Gasteiger partial charge in [0, 0.05) is 53.3 Å². The Kier molecular flexibility index (Phi) is 9.10. The zero-order valence-electron chi connectivity index (χ0n) is 41.3. The van der Waals surface area contributed by atoms with Crippen LogP contribution in [0.4, 0.5) is 0 Å². The summed E-state index contributed by atoms with van der Waals surface area (Å²) in [4.78, 5) is 0. The molecule has 1 aliphatic heterocycles. The van der Waals surface area contributed by atoms with Crippen molar-refractivity contribution in [3.8, 4) is 27.9 Å². The summed E-state index contributed by atoms with van der Waals surface area (Å²) >= 11 is 1.87. The zero-order valence-corrected chi connectivity index (χ0v) is 42.1. The highest BCUT2D eigenvalue weighted by atomic mass is 32.1. The Morgan fingerprint density at radius 1 is 0.474 bits per heavy atom. The van der Waals surface area contributed by atoms with Gasteiger partial charge in [0.2, 0.25) is 0 Å². The minimum absolute atomic E-state index is 0.0570. The highest BCUT2D eigenvalue weighted by molar-refractivity contribution is 7.25. The maximum atomic E-state index is 6.85. The van der Waals surface area contributed by atoms with E-state index in [-0.39, 0.29) is 29.8 Å². The quantitative estimate of drug-likeness (QED) is 0.161. The molecule has 4 aliphatic rings. The Bertz CT molecular complexity index is 4550. The van der Waals surface area contributed by atoms with Gasteiger partial charge in [-0.05, 0) is 122 Å². The number of rotatable bonds is 5.